The molecular weight excluding hydrogens is 430 g/mol. The average Bonchev–Trinajstić information content (AvgIpc) is 3.21. The fourth-order valence-electron chi connectivity index (χ4n) is 3.27. The summed E-state index contributed by atoms with van der Waals surface area (Å²) in [6.07, 6.45) is 3.10. The smallest absolute Gasteiger partial charge is 0.227 e. The van der Waals surface area contributed by atoms with Crippen LogP contribution in [0.2, 0.25) is 0 Å². The van der Waals surface area contributed by atoms with E-state index in [4.69, 9.17) is 4.74 Å². The van der Waals surface area contributed by atoms with Crippen molar-refractivity contribution in [1.29, 1.82) is 0 Å². The molecule has 178 valence electrons. The number of rotatable bonds is 9. The Kier molecular flexibility index (Phi) is 7.60. The molecule has 0 radical (unpaired) electrons. The van der Waals surface area contributed by atoms with Crippen LogP contribution in [0.25, 0.3) is 5.69 Å². The molecule has 1 aromatic carbocycles. The molecule has 0 aliphatic rings. The topological polar surface area (TPSA) is 97.1 Å². The molecule has 0 saturated carbocycles. The first-order chi connectivity index (χ1) is 15.5. The SMILES string of the molecule is C[C@H](Nc1nc(F)cc(N[C@H](CO)[C@@H](C)OC(C)(C)C)n1)c1cnn(-c2ccc(F)cc2)c1. The molecule has 2 aromatic heterocycles. The molecule has 33 heavy (non-hydrogen) atoms. The molecule has 0 fully saturated rings. The van der Waals surface area contributed by atoms with Crippen molar-refractivity contribution in [2.45, 2.75) is 58.4 Å². The predicted molar refractivity (Wildman–Crippen MR) is 122 cm³/mol. The van der Waals surface area contributed by atoms with Crippen molar-refractivity contribution in [3.8, 4) is 5.69 Å². The van der Waals surface area contributed by atoms with Gasteiger partial charge >= 0.3 is 0 Å². The Morgan fingerprint density at radius 2 is 1.79 bits per heavy atom. The molecule has 0 amide bonds. The summed E-state index contributed by atoms with van der Waals surface area (Å²) in [5, 5.41) is 20.2. The first-order valence-electron chi connectivity index (χ1n) is 10.7. The first-order valence-corrected chi connectivity index (χ1v) is 10.7. The van der Waals surface area contributed by atoms with E-state index in [2.05, 4.69) is 25.7 Å². The van der Waals surface area contributed by atoms with Gasteiger partial charge in [0.2, 0.25) is 11.9 Å². The Bertz CT molecular complexity index is 1050. The summed E-state index contributed by atoms with van der Waals surface area (Å²) < 4.78 is 34.9. The van der Waals surface area contributed by atoms with E-state index in [-0.39, 0.29) is 36.3 Å². The summed E-state index contributed by atoms with van der Waals surface area (Å²) in [6.45, 7) is 9.24. The number of halogens is 2. The molecule has 0 aliphatic heterocycles. The molecule has 3 N–H and O–H groups in total. The summed E-state index contributed by atoms with van der Waals surface area (Å²) in [5.41, 5.74) is 1.12. The van der Waals surface area contributed by atoms with Crippen LogP contribution in [-0.2, 0) is 4.74 Å². The number of benzene rings is 1. The van der Waals surface area contributed by atoms with Gasteiger partial charge in [0.1, 0.15) is 11.6 Å². The lowest BCUT2D eigenvalue weighted by atomic mass is 10.1. The fraction of sp³-hybridized carbons (Fsp3) is 0.435. The van der Waals surface area contributed by atoms with Crippen LogP contribution in [0.4, 0.5) is 20.5 Å². The Balaban J connectivity index is 1.71. The summed E-state index contributed by atoms with van der Waals surface area (Å²) >= 11 is 0. The maximum absolute atomic E-state index is 14.2. The second-order valence-corrected chi connectivity index (χ2v) is 8.83. The summed E-state index contributed by atoms with van der Waals surface area (Å²) in [7, 11) is 0. The summed E-state index contributed by atoms with van der Waals surface area (Å²) in [4.78, 5) is 8.15. The number of nitrogens with one attached hydrogen (secondary N) is 2. The van der Waals surface area contributed by atoms with Gasteiger partial charge in [-0.25, -0.2) is 9.07 Å². The average molecular weight is 461 g/mol. The molecule has 0 saturated heterocycles. The second-order valence-electron chi connectivity index (χ2n) is 8.83. The minimum atomic E-state index is -0.717. The van der Waals surface area contributed by atoms with Crippen molar-refractivity contribution in [1.82, 2.24) is 19.7 Å². The van der Waals surface area contributed by atoms with Crippen molar-refractivity contribution >= 4 is 11.8 Å². The van der Waals surface area contributed by atoms with E-state index in [1.165, 1.54) is 12.1 Å². The third-order valence-corrected chi connectivity index (χ3v) is 4.87. The number of ether oxygens (including phenoxy) is 1. The van der Waals surface area contributed by atoms with Crippen molar-refractivity contribution in [3.05, 3.63) is 60.1 Å². The first kappa shape index (κ1) is 24.5. The van der Waals surface area contributed by atoms with Gasteiger partial charge in [-0.3, -0.25) is 0 Å². The molecule has 8 nitrogen and oxygen atoms in total. The Morgan fingerprint density at radius 3 is 2.42 bits per heavy atom. The molecule has 0 aliphatic carbocycles. The molecule has 0 bridgehead atoms. The van der Waals surface area contributed by atoms with Crippen molar-refractivity contribution in [2.75, 3.05) is 17.2 Å². The van der Waals surface area contributed by atoms with Crippen LogP contribution >= 0.6 is 0 Å². The number of hydrogen-bond donors (Lipinski definition) is 3. The van der Waals surface area contributed by atoms with E-state index in [0.717, 1.165) is 11.6 Å². The number of anilines is 2. The number of hydrogen-bond acceptors (Lipinski definition) is 7. The lowest BCUT2D eigenvalue weighted by Gasteiger charge is -2.30. The lowest BCUT2D eigenvalue weighted by Crippen LogP contribution is -2.41. The van der Waals surface area contributed by atoms with Crippen molar-refractivity contribution in [3.63, 3.8) is 0 Å². The third kappa shape index (κ3) is 6.93. The molecule has 3 rings (SSSR count). The molecule has 2 heterocycles. The van der Waals surface area contributed by atoms with Crippen molar-refractivity contribution < 1.29 is 18.6 Å². The van der Waals surface area contributed by atoms with Gasteiger partial charge in [-0.15, -0.1) is 0 Å². The molecule has 0 spiro atoms. The predicted octanol–water partition coefficient (Wildman–Crippen LogP) is 4.09. The summed E-state index contributed by atoms with van der Waals surface area (Å²) in [5.74, 6) is -0.731. The molecule has 10 heteroatoms. The van der Waals surface area contributed by atoms with Crippen LogP contribution < -0.4 is 10.6 Å². The van der Waals surface area contributed by atoms with E-state index in [1.54, 1.807) is 29.2 Å². The van der Waals surface area contributed by atoms with E-state index >= 15 is 0 Å². The van der Waals surface area contributed by atoms with E-state index in [9.17, 15) is 13.9 Å². The highest BCUT2D eigenvalue weighted by Gasteiger charge is 2.23. The standard InChI is InChI=1S/C23H30F2N6O2/c1-14(16-11-26-31(12-16)18-8-6-17(24)7-9-18)27-22-29-20(25)10-21(30-22)28-19(13-32)15(2)33-23(3,4)5/h6-12,14-15,19,32H,13H2,1-5H3,(H2,27,28,29,30)/t14-,15+,19+/m0/s1. The Labute approximate surface area is 192 Å². The zero-order valence-electron chi connectivity index (χ0n) is 19.4. The summed E-state index contributed by atoms with van der Waals surface area (Å²) in [6, 6.07) is 6.36. The van der Waals surface area contributed by atoms with Gasteiger partial charge in [0.15, 0.2) is 0 Å². The largest absolute Gasteiger partial charge is 0.394 e. The number of aliphatic hydroxyl groups excluding tert-OH is 1. The highest BCUT2D eigenvalue weighted by molar-refractivity contribution is 5.42. The highest BCUT2D eigenvalue weighted by atomic mass is 19.1. The zero-order chi connectivity index (χ0) is 24.2. The Hall–Kier alpha value is -3.11. The van der Waals surface area contributed by atoms with Gasteiger partial charge in [0, 0.05) is 17.8 Å². The van der Waals surface area contributed by atoms with Crippen LogP contribution in [0.15, 0.2) is 42.7 Å². The maximum atomic E-state index is 14.2. The maximum Gasteiger partial charge on any atom is 0.227 e. The quantitative estimate of drug-likeness (QED) is 0.414. The minimum Gasteiger partial charge on any atom is -0.394 e. The number of nitrogens with zero attached hydrogens (tertiary/aromatic N) is 4. The molecule has 3 aromatic rings. The van der Waals surface area contributed by atoms with Crippen LogP contribution in [0.1, 0.15) is 46.2 Å². The van der Waals surface area contributed by atoms with Gasteiger partial charge in [-0.1, -0.05) is 0 Å². The second kappa shape index (κ2) is 10.2. The van der Waals surface area contributed by atoms with Crippen LogP contribution in [-0.4, -0.2) is 49.2 Å². The van der Waals surface area contributed by atoms with E-state index in [0.29, 0.717) is 5.69 Å². The number of aromatic nitrogens is 4. The van der Waals surface area contributed by atoms with Gasteiger partial charge in [0.05, 0.1) is 42.3 Å². The van der Waals surface area contributed by atoms with E-state index in [1.807, 2.05) is 34.6 Å². The number of aliphatic hydroxyl groups is 1. The normalized spacial score (nSPS) is 14.5. The molecule has 0 unspecified atom stereocenters. The zero-order valence-corrected chi connectivity index (χ0v) is 19.4. The molecular formula is C23H30F2N6O2. The van der Waals surface area contributed by atoms with Crippen LogP contribution in [0, 0.1) is 11.8 Å². The third-order valence-electron chi connectivity index (χ3n) is 4.87. The van der Waals surface area contributed by atoms with Crippen molar-refractivity contribution in [2.24, 2.45) is 0 Å². The van der Waals surface area contributed by atoms with Gasteiger partial charge in [-0.2, -0.15) is 19.5 Å². The fourth-order valence-corrected chi connectivity index (χ4v) is 3.27. The highest BCUT2D eigenvalue weighted by Crippen LogP contribution is 2.21. The van der Waals surface area contributed by atoms with Gasteiger partial charge in [-0.05, 0) is 58.9 Å². The van der Waals surface area contributed by atoms with E-state index < -0.39 is 17.6 Å². The lowest BCUT2D eigenvalue weighted by molar-refractivity contribution is -0.0638. The van der Waals surface area contributed by atoms with Gasteiger partial charge < -0.3 is 20.5 Å². The minimum absolute atomic E-state index is 0.0839. The van der Waals surface area contributed by atoms with Crippen LogP contribution in [0.5, 0.6) is 0 Å². The molecule has 3 atom stereocenters. The van der Waals surface area contributed by atoms with Crippen LogP contribution in [0.3, 0.4) is 0 Å². The Morgan fingerprint density at radius 1 is 1.09 bits per heavy atom. The van der Waals surface area contributed by atoms with Gasteiger partial charge in [0.25, 0.3) is 0 Å². The monoisotopic (exact) mass is 460 g/mol.